The topological polar surface area (TPSA) is 32.3 Å². The second-order valence-corrected chi connectivity index (χ2v) is 5.44. The molecule has 2 rings (SSSR count). The van der Waals surface area contributed by atoms with Gasteiger partial charge in [-0.05, 0) is 41.1 Å². The Balaban J connectivity index is 2.10. The highest BCUT2D eigenvalue weighted by molar-refractivity contribution is 9.10. The zero-order valence-corrected chi connectivity index (χ0v) is 11.2. The van der Waals surface area contributed by atoms with Crippen LogP contribution in [0.1, 0.15) is 17.8 Å². The van der Waals surface area contributed by atoms with Crippen molar-refractivity contribution in [1.82, 2.24) is 0 Å². The fraction of sp³-hybridized carbons (Fsp3) is 0.167. The molecule has 2 aromatic rings. The van der Waals surface area contributed by atoms with E-state index in [9.17, 15) is 5.11 Å². The maximum absolute atomic E-state index is 9.36. The molecule has 16 heavy (non-hydrogen) atoms. The van der Waals surface area contributed by atoms with Gasteiger partial charge >= 0.3 is 0 Å². The lowest BCUT2D eigenvalue weighted by Gasteiger charge is -2.13. The number of benzene rings is 1. The van der Waals surface area contributed by atoms with E-state index in [-0.39, 0.29) is 11.8 Å². The fourth-order valence-electron chi connectivity index (χ4n) is 1.47. The number of aromatic hydroxyl groups is 1. The highest BCUT2D eigenvalue weighted by atomic mass is 79.9. The zero-order valence-electron chi connectivity index (χ0n) is 8.77. The van der Waals surface area contributed by atoms with Crippen molar-refractivity contribution in [3.63, 3.8) is 0 Å². The number of phenolic OH excluding ortho intramolecular Hbond substituents is 1. The third-order valence-corrected chi connectivity index (χ3v) is 4.12. The number of hydrogen-bond acceptors (Lipinski definition) is 3. The Bertz CT molecular complexity index is 483. The Labute approximate surface area is 107 Å². The number of rotatable bonds is 3. The van der Waals surface area contributed by atoms with Crippen molar-refractivity contribution >= 4 is 33.0 Å². The molecular formula is C12H12BrNOS. The maximum Gasteiger partial charge on any atom is 0.117 e. The van der Waals surface area contributed by atoms with E-state index in [4.69, 9.17) is 0 Å². The van der Waals surface area contributed by atoms with Gasteiger partial charge in [-0.3, -0.25) is 0 Å². The van der Waals surface area contributed by atoms with Crippen molar-refractivity contribution in [1.29, 1.82) is 0 Å². The van der Waals surface area contributed by atoms with Gasteiger partial charge in [-0.15, -0.1) is 11.3 Å². The van der Waals surface area contributed by atoms with E-state index in [0.29, 0.717) is 0 Å². The smallest absolute Gasteiger partial charge is 0.117 e. The summed E-state index contributed by atoms with van der Waals surface area (Å²) >= 11 is 5.15. The average Bonchev–Trinajstić information content (AvgIpc) is 2.65. The van der Waals surface area contributed by atoms with Gasteiger partial charge in [-0.1, -0.05) is 6.07 Å². The molecule has 0 aliphatic carbocycles. The standard InChI is InChI=1S/C12H12BrNOS/c1-8(12-5-9(13)7-16-12)14-10-3-2-4-11(15)6-10/h2-8,14-15H,1H3. The first-order valence-corrected chi connectivity index (χ1v) is 6.62. The van der Waals surface area contributed by atoms with Crippen molar-refractivity contribution < 1.29 is 5.11 Å². The quantitative estimate of drug-likeness (QED) is 0.881. The lowest BCUT2D eigenvalue weighted by atomic mass is 10.2. The van der Waals surface area contributed by atoms with E-state index in [1.807, 2.05) is 12.1 Å². The molecule has 0 aliphatic rings. The predicted octanol–water partition coefficient (Wildman–Crippen LogP) is 4.39. The van der Waals surface area contributed by atoms with Crippen LogP contribution in [-0.2, 0) is 0 Å². The van der Waals surface area contributed by atoms with E-state index >= 15 is 0 Å². The molecule has 0 aliphatic heterocycles. The molecule has 2 nitrogen and oxygen atoms in total. The Kier molecular flexibility index (Phi) is 3.51. The second kappa shape index (κ2) is 4.89. The SMILES string of the molecule is CC(Nc1cccc(O)c1)c1cc(Br)cs1. The van der Waals surface area contributed by atoms with Gasteiger partial charge in [0.15, 0.2) is 0 Å². The number of anilines is 1. The number of phenols is 1. The number of halogens is 1. The van der Waals surface area contributed by atoms with E-state index in [0.717, 1.165) is 10.2 Å². The third-order valence-electron chi connectivity index (χ3n) is 2.24. The van der Waals surface area contributed by atoms with E-state index < -0.39 is 0 Å². The van der Waals surface area contributed by atoms with Crippen LogP contribution in [0.4, 0.5) is 5.69 Å². The molecule has 1 aromatic heterocycles. The summed E-state index contributed by atoms with van der Waals surface area (Å²) in [6.07, 6.45) is 0. The normalized spacial score (nSPS) is 12.4. The number of hydrogen-bond donors (Lipinski definition) is 2. The summed E-state index contributed by atoms with van der Waals surface area (Å²) in [6, 6.07) is 9.49. The third kappa shape index (κ3) is 2.77. The highest BCUT2D eigenvalue weighted by Crippen LogP contribution is 2.28. The molecule has 0 amide bonds. The molecule has 0 saturated heterocycles. The summed E-state index contributed by atoms with van der Waals surface area (Å²) in [5.74, 6) is 0.282. The van der Waals surface area contributed by atoms with Gasteiger partial charge in [0, 0.05) is 26.5 Å². The zero-order chi connectivity index (χ0) is 11.5. The molecule has 0 radical (unpaired) electrons. The van der Waals surface area contributed by atoms with Crippen molar-refractivity contribution in [3.05, 3.63) is 45.1 Å². The Morgan fingerprint density at radius 1 is 1.38 bits per heavy atom. The van der Waals surface area contributed by atoms with Crippen LogP contribution in [0.2, 0.25) is 0 Å². The van der Waals surface area contributed by atoms with Gasteiger partial charge in [-0.2, -0.15) is 0 Å². The van der Waals surface area contributed by atoms with Crippen LogP contribution in [0.25, 0.3) is 0 Å². The Morgan fingerprint density at radius 2 is 2.19 bits per heavy atom. The van der Waals surface area contributed by atoms with Gasteiger partial charge in [0.05, 0.1) is 6.04 Å². The van der Waals surface area contributed by atoms with Crippen molar-refractivity contribution in [2.24, 2.45) is 0 Å². The minimum absolute atomic E-state index is 0.234. The summed E-state index contributed by atoms with van der Waals surface area (Å²) in [6.45, 7) is 2.10. The van der Waals surface area contributed by atoms with Crippen LogP contribution in [0.3, 0.4) is 0 Å². The molecule has 0 bridgehead atoms. The molecule has 0 fully saturated rings. The van der Waals surface area contributed by atoms with Crippen molar-refractivity contribution in [2.45, 2.75) is 13.0 Å². The summed E-state index contributed by atoms with van der Waals surface area (Å²) in [4.78, 5) is 1.26. The van der Waals surface area contributed by atoms with Gasteiger partial charge < -0.3 is 10.4 Å². The van der Waals surface area contributed by atoms with Crippen LogP contribution in [0.15, 0.2) is 40.2 Å². The summed E-state index contributed by atoms with van der Waals surface area (Å²) < 4.78 is 1.11. The van der Waals surface area contributed by atoms with E-state index in [1.165, 1.54) is 4.88 Å². The number of nitrogens with one attached hydrogen (secondary N) is 1. The average molecular weight is 298 g/mol. The lowest BCUT2D eigenvalue weighted by Crippen LogP contribution is -2.04. The minimum Gasteiger partial charge on any atom is -0.508 e. The van der Waals surface area contributed by atoms with Crippen molar-refractivity contribution in [3.8, 4) is 5.75 Å². The molecule has 1 aromatic carbocycles. The molecule has 1 heterocycles. The molecule has 84 valence electrons. The second-order valence-electron chi connectivity index (χ2n) is 3.58. The van der Waals surface area contributed by atoms with Gasteiger partial charge in [0.1, 0.15) is 5.75 Å². The molecular weight excluding hydrogens is 286 g/mol. The van der Waals surface area contributed by atoms with Crippen LogP contribution in [-0.4, -0.2) is 5.11 Å². The molecule has 4 heteroatoms. The van der Waals surface area contributed by atoms with Crippen molar-refractivity contribution in [2.75, 3.05) is 5.32 Å². The van der Waals surface area contributed by atoms with Crippen LogP contribution < -0.4 is 5.32 Å². The Morgan fingerprint density at radius 3 is 2.81 bits per heavy atom. The highest BCUT2D eigenvalue weighted by Gasteiger charge is 2.07. The first-order valence-electron chi connectivity index (χ1n) is 4.94. The van der Waals surface area contributed by atoms with Gasteiger partial charge in [0.25, 0.3) is 0 Å². The monoisotopic (exact) mass is 297 g/mol. The Hall–Kier alpha value is -1.000. The van der Waals surface area contributed by atoms with Gasteiger partial charge in [0.2, 0.25) is 0 Å². The molecule has 1 unspecified atom stereocenters. The van der Waals surface area contributed by atoms with E-state index in [2.05, 4.69) is 39.6 Å². The number of thiophene rings is 1. The summed E-state index contributed by atoms with van der Waals surface area (Å²) in [5.41, 5.74) is 0.928. The molecule has 0 spiro atoms. The van der Waals surface area contributed by atoms with Crippen LogP contribution >= 0.6 is 27.3 Å². The summed E-state index contributed by atoms with van der Waals surface area (Å²) in [7, 11) is 0. The molecule has 2 N–H and O–H groups in total. The molecule has 0 saturated carbocycles. The summed E-state index contributed by atoms with van der Waals surface area (Å²) in [5, 5.41) is 14.8. The fourth-order valence-corrected chi connectivity index (χ4v) is 2.93. The van der Waals surface area contributed by atoms with Crippen LogP contribution in [0, 0.1) is 0 Å². The lowest BCUT2D eigenvalue weighted by molar-refractivity contribution is 0.475. The van der Waals surface area contributed by atoms with E-state index in [1.54, 1.807) is 23.5 Å². The van der Waals surface area contributed by atoms with Crippen LogP contribution in [0.5, 0.6) is 5.75 Å². The predicted molar refractivity (Wildman–Crippen MR) is 72.2 cm³/mol. The first-order chi connectivity index (χ1) is 7.65. The van der Waals surface area contributed by atoms with Gasteiger partial charge in [-0.25, -0.2) is 0 Å². The molecule has 1 atom stereocenters. The largest absolute Gasteiger partial charge is 0.508 e. The minimum atomic E-state index is 0.234. The maximum atomic E-state index is 9.36. The first kappa shape index (κ1) is 11.5.